The fraction of sp³-hybridized carbons (Fsp3) is 0.125. The molecule has 0 saturated carbocycles. The standard InChI is InChI=1S/C16H14ClN5OS2/c1-22-15(11-4-2-5-12(17)8-11)20-21-16(22)25-10-14(23)19-18-9-13-6-3-7-24-13/h2-9H,10H2,1H3,(H,19,23). The summed E-state index contributed by atoms with van der Waals surface area (Å²) in [7, 11) is 1.85. The van der Waals surface area contributed by atoms with Crippen LogP contribution in [0.4, 0.5) is 0 Å². The van der Waals surface area contributed by atoms with Crippen LogP contribution < -0.4 is 5.43 Å². The number of thioether (sulfide) groups is 1. The van der Waals surface area contributed by atoms with Crippen molar-refractivity contribution in [1.29, 1.82) is 0 Å². The van der Waals surface area contributed by atoms with Crippen molar-refractivity contribution < 1.29 is 4.79 Å². The molecule has 2 heterocycles. The highest BCUT2D eigenvalue weighted by Gasteiger charge is 2.13. The maximum atomic E-state index is 11.9. The molecule has 0 atom stereocenters. The summed E-state index contributed by atoms with van der Waals surface area (Å²) in [4.78, 5) is 12.8. The Morgan fingerprint density at radius 3 is 3.04 bits per heavy atom. The van der Waals surface area contributed by atoms with Crippen LogP contribution >= 0.6 is 34.7 Å². The molecule has 0 aliphatic carbocycles. The average Bonchev–Trinajstić information content (AvgIpc) is 3.23. The van der Waals surface area contributed by atoms with Crippen LogP contribution in [0, 0.1) is 0 Å². The second-order valence-electron chi connectivity index (χ2n) is 4.97. The van der Waals surface area contributed by atoms with Crippen LogP contribution in [0.15, 0.2) is 52.0 Å². The SMILES string of the molecule is Cn1c(SCC(=O)NN=Cc2cccs2)nnc1-c1cccc(Cl)c1. The van der Waals surface area contributed by atoms with Crippen LogP contribution in [0.3, 0.4) is 0 Å². The van der Waals surface area contributed by atoms with Gasteiger partial charge in [-0.2, -0.15) is 5.10 Å². The molecular formula is C16H14ClN5OS2. The van der Waals surface area contributed by atoms with Gasteiger partial charge in [0.15, 0.2) is 11.0 Å². The van der Waals surface area contributed by atoms with E-state index in [4.69, 9.17) is 11.6 Å². The predicted octanol–water partition coefficient (Wildman–Crippen LogP) is 3.44. The first kappa shape index (κ1) is 17.7. The largest absolute Gasteiger partial charge is 0.305 e. The van der Waals surface area contributed by atoms with Crippen LogP contribution in [-0.2, 0) is 11.8 Å². The summed E-state index contributed by atoms with van der Waals surface area (Å²) in [5.41, 5.74) is 3.37. The Labute approximate surface area is 157 Å². The lowest BCUT2D eigenvalue weighted by molar-refractivity contribution is -0.118. The van der Waals surface area contributed by atoms with Gasteiger partial charge in [0, 0.05) is 22.5 Å². The summed E-state index contributed by atoms with van der Waals surface area (Å²) in [5, 5.41) is 15.5. The van der Waals surface area contributed by atoms with Gasteiger partial charge in [-0.1, -0.05) is 41.6 Å². The van der Waals surface area contributed by atoms with E-state index in [2.05, 4.69) is 20.7 Å². The van der Waals surface area contributed by atoms with E-state index in [1.807, 2.05) is 47.3 Å². The van der Waals surface area contributed by atoms with Gasteiger partial charge < -0.3 is 4.57 Å². The van der Waals surface area contributed by atoms with Crippen LogP contribution in [-0.4, -0.2) is 32.6 Å². The molecule has 1 aromatic carbocycles. The van der Waals surface area contributed by atoms with Gasteiger partial charge in [0.2, 0.25) is 0 Å². The van der Waals surface area contributed by atoms with Crippen molar-refractivity contribution in [2.24, 2.45) is 12.1 Å². The number of hydrazone groups is 1. The second kappa shape index (κ2) is 8.28. The summed E-state index contributed by atoms with van der Waals surface area (Å²) in [6.07, 6.45) is 1.62. The highest BCUT2D eigenvalue weighted by Crippen LogP contribution is 2.24. The minimum Gasteiger partial charge on any atom is -0.305 e. The summed E-state index contributed by atoms with van der Waals surface area (Å²) in [5.74, 6) is 0.690. The molecule has 1 N–H and O–H groups in total. The van der Waals surface area contributed by atoms with Crippen molar-refractivity contribution >= 4 is 46.8 Å². The van der Waals surface area contributed by atoms with Crippen molar-refractivity contribution in [2.45, 2.75) is 5.16 Å². The van der Waals surface area contributed by atoms with E-state index in [1.165, 1.54) is 11.8 Å². The normalized spacial score (nSPS) is 11.1. The number of nitrogens with zero attached hydrogens (tertiary/aromatic N) is 4. The molecule has 0 aliphatic heterocycles. The van der Waals surface area contributed by atoms with Crippen LogP contribution in [0.2, 0.25) is 5.02 Å². The minimum absolute atomic E-state index is 0.198. The molecule has 0 fully saturated rings. The first-order valence-corrected chi connectivity index (χ1v) is 9.51. The summed E-state index contributed by atoms with van der Waals surface area (Å²) in [6, 6.07) is 11.2. The van der Waals surface area contributed by atoms with Crippen molar-refractivity contribution in [2.75, 3.05) is 5.75 Å². The zero-order valence-corrected chi connectivity index (χ0v) is 15.6. The van der Waals surface area contributed by atoms with Gasteiger partial charge in [0.05, 0.1) is 12.0 Å². The molecular weight excluding hydrogens is 378 g/mol. The van der Waals surface area contributed by atoms with Gasteiger partial charge in [0.1, 0.15) is 0 Å². The molecule has 25 heavy (non-hydrogen) atoms. The molecule has 0 saturated heterocycles. The van der Waals surface area contributed by atoms with Gasteiger partial charge in [0.25, 0.3) is 5.91 Å². The molecule has 128 valence electrons. The van der Waals surface area contributed by atoms with E-state index < -0.39 is 0 Å². The Morgan fingerprint density at radius 2 is 2.28 bits per heavy atom. The first-order chi connectivity index (χ1) is 12.1. The lowest BCUT2D eigenvalue weighted by atomic mass is 10.2. The molecule has 3 rings (SSSR count). The molecule has 9 heteroatoms. The Hall–Kier alpha value is -2.16. The number of hydrogen-bond acceptors (Lipinski definition) is 6. The van der Waals surface area contributed by atoms with Crippen molar-refractivity contribution in [1.82, 2.24) is 20.2 Å². The van der Waals surface area contributed by atoms with Gasteiger partial charge >= 0.3 is 0 Å². The minimum atomic E-state index is -0.204. The highest BCUT2D eigenvalue weighted by atomic mass is 35.5. The lowest BCUT2D eigenvalue weighted by Gasteiger charge is -2.04. The van der Waals surface area contributed by atoms with Gasteiger partial charge in [-0.25, -0.2) is 5.43 Å². The van der Waals surface area contributed by atoms with Crippen LogP contribution in [0.25, 0.3) is 11.4 Å². The third-order valence-electron chi connectivity index (χ3n) is 3.17. The predicted molar refractivity (Wildman–Crippen MR) is 102 cm³/mol. The highest BCUT2D eigenvalue weighted by molar-refractivity contribution is 7.99. The number of nitrogens with one attached hydrogen (secondary N) is 1. The zero-order chi connectivity index (χ0) is 17.6. The van der Waals surface area contributed by atoms with E-state index in [0.717, 1.165) is 10.4 Å². The van der Waals surface area contributed by atoms with E-state index in [0.29, 0.717) is 16.0 Å². The topological polar surface area (TPSA) is 72.2 Å². The summed E-state index contributed by atoms with van der Waals surface area (Å²) >= 11 is 8.86. The molecule has 0 radical (unpaired) electrons. The van der Waals surface area contributed by atoms with E-state index in [1.54, 1.807) is 23.6 Å². The molecule has 2 aromatic heterocycles. The maximum absolute atomic E-state index is 11.9. The van der Waals surface area contributed by atoms with E-state index in [-0.39, 0.29) is 11.7 Å². The number of aromatic nitrogens is 3. The average molecular weight is 392 g/mol. The van der Waals surface area contributed by atoms with Gasteiger partial charge in [-0.15, -0.1) is 21.5 Å². The number of rotatable bonds is 6. The third-order valence-corrected chi connectivity index (χ3v) is 5.24. The fourth-order valence-corrected chi connectivity index (χ4v) is 3.49. The molecule has 0 bridgehead atoms. The van der Waals surface area contributed by atoms with E-state index >= 15 is 0 Å². The van der Waals surface area contributed by atoms with Crippen molar-refractivity contribution in [3.63, 3.8) is 0 Å². The first-order valence-electron chi connectivity index (χ1n) is 7.27. The molecule has 6 nitrogen and oxygen atoms in total. The van der Waals surface area contributed by atoms with Crippen LogP contribution in [0.5, 0.6) is 0 Å². The molecule has 0 spiro atoms. The molecule has 3 aromatic rings. The van der Waals surface area contributed by atoms with Crippen molar-refractivity contribution in [3.05, 3.63) is 51.7 Å². The van der Waals surface area contributed by atoms with Crippen LogP contribution in [0.1, 0.15) is 4.88 Å². The quantitative estimate of drug-likeness (QED) is 0.397. The Balaban J connectivity index is 1.57. The second-order valence-corrected chi connectivity index (χ2v) is 7.33. The number of carbonyl (C=O) groups excluding carboxylic acids is 1. The fourth-order valence-electron chi connectivity index (χ4n) is 2.01. The monoisotopic (exact) mass is 391 g/mol. The number of hydrogen-bond donors (Lipinski definition) is 1. The summed E-state index contributed by atoms with van der Waals surface area (Å²) in [6.45, 7) is 0. The molecule has 1 amide bonds. The number of carbonyl (C=O) groups is 1. The molecule has 0 aliphatic rings. The number of halogens is 1. The smallest absolute Gasteiger partial charge is 0.250 e. The number of thiophene rings is 1. The Morgan fingerprint density at radius 1 is 1.40 bits per heavy atom. The van der Waals surface area contributed by atoms with Gasteiger partial charge in [-0.3, -0.25) is 4.79 Å². The zero-order valence-electron chi connectivity index (χ0n) is 13.2. The van der Waals surface area contributed by atoms with Crippen molar-refractivity contribution in [3.8, 4) is 11.4 Å². The summed E-state index contributed by atoms with van der Waals surface area (Å²) < 4.78 is 1.83. The Bertz CT molecular complexity index is 892. The van der Waals surface area contributed by atoms with Gasteiger partial charge in [-0.05, 0) is 23.6 Å². The van der Waals surface area contributed by atoms with E-state index in [9.17, 15) is 4.79 Å². The Kier molecular flexibility index (Phi) is 5.85. The third kappa shape index (κ3) is 4.68. The number of benzene rings is 1. The number of amides is 1. The maximum Gasteiger partial charge on any atom is 0.250 e. The molecule has 0 unspecified atom stereocenters. The lowest BCUT2D eigenvalue weighted by Crippen LogP contribution is -2.19.